The summed E-state index contributed by atoms with van der Waals surface area (Å²) in [4.78, 5) is 25.3. The van der Waals surface area contributed by atoms with E-state index in [1.54, 1.807) is 4.90 Å². The molecule has 0 bridgehead atoms. The first kappa shape index (κ1) is 17.9. The van der Waals surface area contributed by atoms with Crippen molar-refractivity contribution in [2.45, 2.75) is 30.6 Å². The number of aliphatic carboxylic acids is 1. The summed E-state index contributed by atoms with van der Waals surface area (Å²) in [5, 5.41) is 10.2. The van der Waals surface area contributed by atoms with Crippen LogP contribution in [0.15, 0.2) is 16.3 Å². The molecule has 0 radical (unpaired) electrons. The Labute approximate surface area is 139 Å². The minimum Gasteiger partial charge on any atom is -0.481 e. The van der Waals surface area contributed by atoms with Gasteiger partial charge in [0.05, 0.1) is 9.77 Å². The molecular formula is C14H20N2O5S2. The highest BCUT2D eigenvalue weighted by Crippen LogP contribution is 2.25. The predicted molar refractivity (Wildman–Crippen MR) is 86.1 cm³/mol. The van der Waals surface area contributed by atoms with E-state index in [1.807, 2.05) is 0 Å². The Morgan fingerprint density at radius 3 is 2.87 bits per heavy atom. The van der Waals surface area contributed by atoms with Crippen LogP contribution in [0.4, 0.5) is 0 Å². The van der Waals surface area contributed by atoms with Crippen molar-refractivity contribution < 1.29 is 23.1 Å². The molecule has 1 unspecified atom stereocenters. The second kappa shape index (κ2) is 7.41. The Bertz CT molecular complexity index is 683. The van der Waals surface area contributed by atoms with Crippen LogP contribution in [0, 0.1) is 5.92 Å². The van der Waals surface area contributed by atoms with E-state index in [9.17, 15) is 18.0 Å². The summed E-state index contributed by atoms with van der Waals surface area (Å²) in [5.74, 6) is -0.828. The summed E-state index contributed by atoms with van der Waals surface area (Å²) in [6.07, 6.45) is 2.42. The minimum absolute atomic E-state index is 0.0905. The molecule has 1 amide bonds. The third-order valence-electron chi connectivity index (χ3n) is 3.94. The van der Waals surface area contributed by atoms with Gasteiger partial charge in [-0.05, 0) is 38.3 Å². The Balaban J connectivity index is 2.04. The van der Waals surface area contributed by atoms with Crippen LogP contribution in [0.25, 0.3) is 0 Å². The third-order valence-corrected chi connectivity index (χ3v) is 6.40. The van der Waals surface area contributed by atoms with E-state index in [1.165, 1.54) is 18.5 Å². The number of carboxylic acid groups (broad SMARTS) is 1. The maximum Gasteiger partial charge on any atom is 0.303 e. The number of rotatable bonds is 6. The van der Waals surface area contributed by atoms with Gasteiger partial charge in [0.25, 0.3) is 5.91 Å². The molecule has 0 spiro atoms. The molecule has 1 atom stereocenters. The number of sulfonamides is 1. The fourth-order valence-corrected chi connectivity index (χ4v) is 4.63. The van der Waals surface area contributed by atoms with Gasteiger partial charge in [-0.3, -0.25) is 9.59 Å². The summed E-state index contributed by atoms with van der Waals surface area (Å²) in [6.45, 7) is 1.15. The number of amides is 1. The van der Waals surface area contributed by atoms with Gasteiger partial charge in [0, 0.05) is 24.9 Å². The van der Waals surface area contributed by atoms with Gasteiger partial charge in [-0.1, -0.05) is 0 Å². The predicted octanol–water partition coefficient (Wildman–Crippen LogP) is 1.37. The van der Waals surface area contributed by atoms with Gasteiger partial charge in [-0.25, -0.2) is 13.1 Å². The lowest BCUT2D eigenvalue weighted by Crippen LogP contribution is -2.39. The van der Waals surface area contributed by atoms with Gasteiger partial charge in [0.1, 0.15) is 0 Å². The zero-order valence-corrected chi connectivity index (χ0v) is 14.5. The van der Waals surface area contributed by atoms with E-state index >= 15 is 0 Å². The number of hydrogen-bond acceptors (Lipinski definition) is 5. The first-order valence-corrected chi connectivity index (χ1v) is 9.73. The first-order valence-electron chi connectivity index (χ1n) is 7.36. The van der Waals surface area contributed by atoms with Crippen LogP contribution in [0.2, 0.25) is 0 Å². The maximum atomic E-state index is 12.5. The number of thiophene rings is 1. The monoisotopic (exact) mass is 360 g/mol. The van der Waals surface area contributed by atoms with Crippen LogP contribution >= 0.6 is 11.3 Å². The van der Waals surface area contributed by atoms with Crippen LogP contribution in [-0.4, -0.2) is 50.4 Å². The maximum absolute atomic E-state index is 12.5. The molecule has 0 aromatic carbocycles. The summed E-state index contributed by atoms with van der Waals surface area (Å²) in [5.41, 5.74) is 0. The molecule has 1 aliphatic heterocycles. The number of nitrogens with one attached hydrogen (secondary N) is 1. The number of carboxylic acids is 1. The van der Waals surface area contributed by atoms with Crippen molar-refractivity contribution in [2.24, 2.45) is 5.92 Å². The average molecular weight is 360 g/mol. The largest absolute Gasteiger partial charge is 0.481 e. The van der Waals surface area contributed by atoms with Gasteiger partial charge in [0.15, 0.2) is 0 Å². The summed E-state index contributed by atoms with van der Waals surface area (Å²) in [7, 11) is -2.22. The van der Waals surface area contributed by atoms with Crippen LogP contribution in [0.5, 0.6) is 0 Å². The van der Waals surface area contributed by atoms with Crippen LogP contribution < -0.4 is 4.72 Å². The second-order valence-corrected chi connectivity index (χ2v) is 8.34. The van der Waals surface area contributed by atoms with E-state index in [4.69, 9.17) is 5.11 Å². The molecule has 1 fully saturated rings. The fraction of sp³-hybridized carbons (Fsp3) is 0.571. The molecule has 0 saturated carbocycles. The lowest BCUT2D eigenvalue weighted by atomic mass is 9.93. The van der Waals surface area contributed by atoms with Gasteiger partial charge >= 0.3 is 5.97 Å². The molecule has 7 nitrogen and oxygen atoms in total. The Morgan fingerprint density at radius 1 is 1.48 bits per heavy atom. The smallest absolute Gasteiger partial charge is 0.303 e. The number of carbonyl (C=O) groups is 2. The molecule has 2 N–H and O–H groups in total. The van der Waals surface area contributed by atoms with Crippen molar-refractivity contribution in [1.82, 2.24) is 9.62 Å². The standard InChI is InChI=1S/C14H20N2O5S2/c1-15-23(20,21)11-7-12(22-9-11)14(19)16-6-2-3-10(8-16)4-5-13(17)18/h7,9-10,15H,2-6,8H2,1H3,(H,17,18). The Kier molecular flexibility index (Phi) is 5.77. The van der Waals surface area contributed by atoms with Crippen molar-refractivity contribution in [3.05, 3.63) is 16.3 Å². The van der Waals surface area contributed by atoms with Gasteiger partial charge in [0.2, 0.25) is 10.0 Å². The quantitative estimate of drug-likeness (QED) is 0.797. The highest BCUT2D eigenvalue weighted by atomic mass is 32.2. The van der Waals surface area contributed by atoms with Crippen molar-refractivity contribution in [1.29, 1.82) is 0 Å². The molecule has 1 aromatic rings. The minimum atomic E-state index is -3.55. The van der Waals surface area contributed by atoms with E-state index in [0.717, 1.165) is 24.2 Å². The first-order chi connectivity index (χ1) is 10.8. The molecule has 1 aliphatic rings. The van der Waals surface area contributed by atoms with Crippen molar-refractivity contribution >= 4 is 33.2 Å². The van der Waals surface area contributed by atoms with Crippen molar-refractivity contribution in [2.75, 3.05) is 20.1 Å². The molecule has 2 heterocycles. The Hall–Kier alpha value is -1.45. The number of likely N-dealkylation sites (tertiary alicyclic amines) is 1. The van der Waals surface area contributed by atoms with Gasteiger partial charge in [-0.2, -0.15) is 0 Å². The van der Waals surface area contributed by atoms with Gasteiger partial charge in [-0.15, -0.1) is 11.3 Å². The number of piperidine rings is 1. The zero-order chi connectivity index (χ0) is 17.0. The number of nitrogens with zero attached hydrogens (tertiary/aromatic N) is 1. The molecular weight excluding hydrogens is 340 g/mol. The van der Waals surface area contributed by atoms with E-state index in [2.05, 4.69) is 4.72 Å². The molecule has 0 aliphatic carbocycles. The SMILES string of the molecule is CNS(=O)(=O)c1csc(C(=O)N2CCCC(CCC(=O)O)C2)c1. The van der Waals surface area contributed by atoms with E-state index in [-0.39, 0.29) is 23.1 Å². The molecule has 1 aromatic heterocycles. The molecule has 1 saturated heterocycles. The van der Waals surface area contributed by atoms with E-state index in [0.29, 0.717) is 24.4 Å². The molecule has 9 heteroatoms. The highest BCUT2D eigenvalue weighted by Gasteiger charge is 2.26. The third kappa shape index (κ3) is 4.52. The normalized spacial score (nSPS) is 18.8. The summed E-state index contributed by atoms with van der Waals surface area (Å²) >= 11 is 1.11. The lowest BCUT2D eigenvalue weighted by molar-refractivity contribution is -0.137. The number of hydrogen-bond donors (Lipinski definition) is 2. The average Bonchev–Trinajstić information content (AvgIpc) is 3.03. The highest BCUT2D eigenvalue weighted by molar-refractivity contribution is 7.89. The summed E-state index contributed by atoms with van der Waals surface area (Å²) in [6, 6.07) is 1.39. The topological polar surface area (TPSA) is 104 Å². The molecule has 128 valence electrons. The summed E-state index contributed by atoms with van der Waals surface area (Å²) < 4.78 is 25.7. The van der Waals surface area contributed by atoms with Crippen molar-refractivity contribution in [3.63, 3.8) is 0 Å². The molecule has 23 heavy (non-hydrogen) atoms. The fourth-order valence-electron chi connectivity index (χ4n) is 2.66. The van der Waals surface area contributed by atoms with Gasteiger partial charge < -0.3 is 10.0 Å². The lowest BCUT2D eigenvalue weighted by Gasteiger charge is -2.32. The second-order valence-electron chi connectivity index (χ2n) is 5.55. The van der Waals surface area contributed by atoms with Crippen molar-refractivity contribution in [3.8, 4) is 0 Å². The van der Waals surface area contributed by atoms with E-state index < -0.39 is 16.0 Å². The van der Waals surface area contributed by atoms with Crippen LogP contribution in [0.3, 0.4) is 0 Å². The number of carbonyl (C=O) groups excluding carboxylic acids is 1. The zero-order valence-electron chi connectivity index (χ0n) is 12.8. The van der Waals surface area contributed by atoms with Crippen LogP contribution in [0.1, 0.15) is 35.4 Å². The Morgan fingerprint density at radius 2 is 2.22 bits per heavy atom. The molecule has 2 rings (SSSR count). The van der Waals surface area contributed by atoms with Crippen LogP contribution in [-0.2, 0) is 14.8 Å².